The molecule has 2 unspecified atom stereocenters. The number of rotatable bonds is 3. The molecule has 1 aromatic rings. The van der Waals surface area contributed by atoms with Gasteiger partial charge in [0, 0.05) is 17.1 Å². The Hall–Kier alpha value is -0.920. The van der Waals surface area contributed by atoms with Crippen molar-refractivity contribution >= 4 is 31.9 Å². The van der Waals surface area contributed by atoms with Crippen LogP contribution in [0, 0.1) is 12.8 Å². The van der Waals surface area contributed by atoms with Gasteiger partial charge in [0.2, 0.25) is 10.0 Å². The molecule has 0 amide bonds. The molecule has 1 saturated heterocycles. The van der Waals surface area contributed by atoms with E-state index in [0.29, 0.717) is 18.4 Å². The number of sulfonamides is 1. The Morgan fingerprint density at radius 1 is 1.38 bits per heavy atom. The van der Waals surface area contributed by atoms with E-state index in [4.69, 9.17) is 5.11 Å². The van der Waals surface area contributed by atoms with E-state index in [1.165, 1.54) is 4.31 Å². The number of hydrogen-bond acceptors (Lipinski definition) is 3. The smallest absolute Gasteiger partial charge is 0.307 e. The fourth-order valence-corrected chi connectivity index (χ4v) is 5.06. The van der Waals surface area contributed by atoms with Crippen molar-refractivity contribution in [3.05, 3.63) is 28.2 Å². The van der Waals surface area contributed by atoms with Gasteiger partial charge < -0.3 is 5.11 Å². The zero-order valence-corrected chi connectivity index (χ0v) is 14.3. The molecule has 1 fully saturated rings. The molecular weight excluding hydrogens is 358 g/mol. The van der Waals surface area contributed by atoms with Crippen LogP contribution in [-0.4, -0.2) is 36.4 Å². The van der Waals surface area contributed by atoms with E-state index in [0.717, 1.165) is 4.47 Å². The van der Waals surface area contributed by atoms with Crippen molar-refractivity contribution in [2.24, 2.45) is 5.92 Å². The van der Waals surface area contributed by atoms with Gasteiger partial charge in [-0.3, -0.25) is 4.79 Å². The second kappa shape index (κ2) is 6.06. The third-order valence-corrected chi connectivity index (χ3v) is 6.96. The third-order valence-electron chi connectivity index (χ3n) is 3.98. The highest BCUT2D eigenvalue weighted by molar-refractivity contribution is 9.10. The first-order valence-electron chi connectivity index (χ1n) is 6.75. The molecule has 2 rings (SSSR count). The largest absolute Gasteiger partial charge is 0.481 e. The summed E-state index contributed by atoms with van der Waals surface area (Å²) in [5.41, 5.74) is 0.641. The number of hydrogen-bond donors (Lipinski definition) is 1. The summed E-state index contributed by atoms with van der Waals surface area (Å²) in [5, 5.41) is 9.15. The Morgan fingerprint density at radius 2 is 2.05 bits per heavy atom. The van der Waals surface area contributed by atoms with Gasteiger partial charge in [0.25, 0.3) is 0 Å². The molecule has 0 radical (unpaired) electrons. The van der Waals surface area contributed by atoms with Crippen LogP contribution in [0.1, 0.15) is 25.3 Å². The molecule has 0 spiro atoms. The summed E-state index contributed by atoms with van der Waals surface area (Å²) >= 11 is 3.34. The van der Waals surface area contributed by atoms with Crippen molar-refractivity contribution in [1.29, 1.82) is 0 Å². The molecule has 1 heterocycles. The summed E-state index contributed by atoms with van der Waals surface area (Å²) in [4.78, 5) is 11.4. The van der Waals surface area contributed by atoms with Crippen LogP contribution in [-0.2, 0) is 14.8 Å². The molecule has 1 N–H and O–H groups in total. The average molecular weight is 376 g/mol. The van der Waals surface area contributed by atoms with Gasteiger partial charge in [-0.1, -0.05) is 22.0 Å². The molecule has 116 valence electrons. The van der Waals surface area contributed by atoms with Crippen molar-refractivity contribution < 1.29 is 18.3 Å². The van der Waals surface area contributed by atoms with E-state index >= 15 is 0 Å². The standard InChI is InChI=1S/C14H18BrNO4S/c1-9-6-7-11(14(17)18)8-16(9)21(19,20)13-5-3-4-12(15)10(13)2/h3-5,9,11H,6-8H2,1-2H3,(H,17,18). The number of benzene rings is 1. The van der Waals surface area contributed by atoms with E-state index in [2.05, 4.69) is 15.9 Å². The average Bonchev–Trinajstić information content (AvgIpc) is 2.41. The van der Waals surface area contributed by atoms with Crippen LogP contribution in [0.2, 0.25) is 0 Å². The molecule has 21 heavy (non-hydrogen) atoms. The summed E-state index contributed by atoms with van der Waals surface area (Å²) in [5.74, 6) is -1.57. The van der Waals surface area contributed by atoms with E-state index in [9.17, 15) is 13.2 Å². The highest BCUT2D eigenvalue weighted by Crippen LogP contribution is 2.31. The lowest BCUT2D eigenvalue weighted by Crippen LogP contribution is -2.47. The number of carboxylic acid groups (broad SMARTS) is 1. The molecule has 2 atom stereocenters. The number of carbonyl (C=O) groups is 1. The monoisotopic (exact) mass is 375 g/mol. The number of aliphatic carboxylic acids is 1. The van der Waals surface area contributed by atoms with Gasteiger partial charge in [-0.2, -0.15) is 4.31 Å². The normalized spacial score (nSPS) is 24.0. The van der Waals surface area contributed by atoms with E-state index in [1.807, 2.05) is 6.92 Å². The maximum atomic E-state index is 12.9. The Labute approximate surface area is 133 Å². The van der Waals surface area contributed by atoms with E-state index in [-0.39, 0.29) is 17.5 Å². The Balaban J connectivity index is 2.42. The first kappa shape index (κ1) is 16.5. The van der Waals surface area contributed by atoms with Gasteiger partial charge in [0.05, 0.1) is 10.8 Å². The molecule has 7 heteroatoms. The second-order valence-electron chi connectivity index (χ2n) is 5.40. The van der Waals surface area contributed by atoms with Crippen molar-refractivity contribution in [2.75, 3.05) is 6.54 Å². The van der Waals surface area contributed by atoms with Crippen LogP contribution in [0.4, 0.5) is 0 Å². The summed E-state index contributed by atoms with van der Waals surface area (Å²) in [6.45, 7) is 3.59. The zero-order valence-electron chi connectivity index (χ0n) is 11.9. The maximum Gasteiger partial charge on any atom is 0.307 e. The zero-order chi connectivity index (χ0) is 15.8. The number of carboxylic acids is 1. The number of halogens is 1. The summed E-state index contributed by atoms with van der Waals surface area (Å²) in [6, 6.07) is 4.83. The van der Waals surface area contributed by atoms with Crippen molar-refractivity contribution in [3.8, 4) is 0 Å². The first-order valence-corrected chi connectivity index (χ1v) is 8.98. The lowest BCUT2D eigenvalue weighted by Gasteiger charge is -2.35. The van der Waals surface area contributed by atoms with E-state index < -0.39 is 21.9 Å². The highest BCUT2D eigenvalue weighted by atomic mass is 79.9. The molecule has 1 aliphatic rings. The molecule has 1 aliphatic heterocycles. The quantitative estimate of drug-likeness (QED) is 0.880. The lowest BCUT2D eigenvalue weighted by molar-refractivity contribution is -0.143. The molecule has 0 saturated carbocycles. The number of nitrogens with zero attached hydrogens (tertiary/aromatic N) is 1. The van der Waals surface area contributed by atoms with E-state index in [1.54, 1.807) is 25.1 Å². The topological polar surface area (TPSA) is 74.7 Å². The summed E-state index contributed by atoms with van der Waals surface area (Å²) < 4.78 is 27.8. The van der Waals surface area contributed by atoms with Gasteiger partial charge in [-0.25, -0.2) is 8.42 Å². The fraction of sp³-hybridized carbons (Fsp3) is 0.500. The predicted octanol–water partition coefficient (Wildman–Crippen LogP) is 2.63. The van der Waals surface area contributed by atoms with Crippen LogP contribution < -0.4 is 0 Å². The SMILES string of the molecule is Cc1c(Br)cccc1S(=O)(=O)N1CC(C(=O)O)CCC1C. The van der Waals surface area contributed by atoms with Crippen molar-refractivity contribution in [3.63, 3.8) is 0 Å². The van der Waals surface area contributed by atoms with Gasteiger partial charge >= 0.3 is 5.97 Å². The molecule has 1 aromatic carbocycles. The second-order valence-corrected chi connectivity index (χ2v) is 8.11. The van der Waals surface area contributed by atoms with Crippen LogP contribution in [0.3, 0.4) is 0 Å². The van der Waals surface area contributed by atoms with Crippen LogP contribution in [0.25, 0.3) is 0 Å². The molecule has 5 nitrogen and oxygen atoms in total. The summed E-state index contributed by atoms with van der Waals surface area (Å²) in [6.07, 6.45) is 1.07. The fourth-order valence-electron chi connectivity index (χ4n) is 2.60. The Kier molecular flexibility index (Phi) is 4.75. The number of piperidine rings is 1. The van der Waals surface area contributed by atoms with Gasteiger partial charge in [-0.15, -0.1) is 0 Å². The first-order chi connectivity index (χ1) is 9.75. The highest BCUT2D eigenvalue weighted by Gasteiger charge is 2.38. The molecule has 0 aromatic heterocycles. The molecule has 0 aliphatic carbocycles. The van der Waals surface area contributed by atoms with Crippen molar-refractivity contribution in [1.82, 2.24) is 4.31 Å². The predicted molar refractivity (Wildman–Crippen MR) is 82.6 cm³/mol. The summed E-state index contributed by atoms with van der Waals surface area (Å²) in [7, 11) is -3.69. The van der Waals surface area contributed by atoms with Gasteiger partial charge in [-0.05, 0) is 44.4 Å². The minimum absolute atomic E-state index is 0.0325. The van der Waals surface area contributed by atoms with Crippen molar-refractivity contribution in [2.45, 2.75) is 37.6 Å². The molecule has 0 bridgehead atoms. The Morgan fingerprint density at radius 3 is 2.67 bits per heavy atom. The lowest BCUT2D eigenvalue weighted by atomic mass is 9.96. The van der Waals surface area contributed by atoms with Crippen LogP contribution in [0.5, 0.6) is 0 Å². The van der Waals surface area contributed by atoms with Crippen LogP contribution in [0.15, 0.2) is 27.6 Å². The minimum Gasteiger partial charge on any atom is -0.481 e. The minimum atomic E-state index is -3.69. The third kappa shape index (κ3) is 3.14. The van der Waals surface area contributed by atoms with Gasteiger partial charge in [0.15, 0.2) is 0 Å². The van der Waals surface area contributed by atoms with Crippen LogP contribution >= 0.6 is 15.9 Å². The maximum absolute atomic E-state index is 12.9. The van der Waals surface area contributed by atoms with Gasteiger partial charge in [0.1, 0.15) is 0 Å². The molecular formula is C14H18BrNO4S. The Bertz CT molecular complexity index is 659.